The second kappa shape index (κ2) is 6.37. The largest absolute Gasteiger partial charge is 0.479 e. The van der Waals surface area contributed by atoms with Gasteiger partial charge in [0.05, 0.1) is 22.2 Å². The number of nitro groups is 1. The van der Waals surface area contributed by atoms with Crippen molar-refractivity contribution in [1.29, 1.82) is 0 Å². The zero-order chi connectivity index (χ0) is 16.2. The van der Waals surface area contributed by atoms with Crippen LogP contribution in [0.25, 0.3) is 0 Å². The number of amides is 2. The first-order valence-corrected chi connectivity index (χ1v) is 5.96. The van der Waals surface area contributed by atoms with E-state index in [1.165, 1.54) is 12.1 Å². The Balaban J connectivity index is 2.73. The summed E-state index contributed by atoms with van der Waals surface area (Å²) in [7, 11) is 0. The summed E-state index contributed by atoms with van der Waals surface area (Å²) in [6.45, 7) is 0.455. The van der Waals surface area contributed by atoms with Crippen LogP contribution in [0, 0.1) is 10.1 Å². The Hall–Kier alpha value is -2.39. The monoisotopic (exact) mass is 317 g/mol. The molecule has 0 aliphatic heterocycles. The van der Waals surface area contributed by atoms with E-state index in [0.717, 1.165) is 13.0 Å². The van der Waals surface area contributed by atoms with Gasteiger partial charge >= 0.3 is 12.0 Å². The van der Waals surface area contributed by atoms with E-state index < -0.39 is 29.1 Å². The molecule has 0 radical (unpaired) electrons. The number of non-ortho nitro benzene ring substituents is 1. The van der Waals surface area contributed by atoms with E-state index in [1.54, 1.807) is 0 Å². The summed E-state index contributed by atoms with van der Waals surface area (Å²) in [6, 6.07) is 2.60. The summed E-state index contributed by atoms with van der Waals surface area (Å²) in [6.07, 6.45) is 0. The number of aliphatic hydroxyl groups is 1. The summed E-state index contributed by atoms with van der Waals surface area (Å²) >= 11 is 5.78. The SMILES string of the molecule is CC(O)(CNC(=O)Nc1cc([N+](=O)[O-])ccc1Cl)C(=O)O. The van der Waals surface area contributed by atoms with Crippen molar-refractivity contribution in [2.24, 2.45) is 0 Å². The van der Waals surface area contributed by atoms with Crippen molar-refractivity contribution < 1.29 is 24.7 Å². The fourth-order valence-electron chi connectivity index (χ4n) is 1.22. The van der Waals surface area contributed by atoms with Crippen LogP contribution >= 0.6 is 11.6 Å². The van der Waals surface area contributed by atoms with Crippen LogP contribution in [-0.2, 0) is 4.79 Å². The molecule has 0 fully saturated rings. The Morgan fingerprint density at radius 1 is 1.48 bits per heavy atom. The van der Waals surface area contributed by atoms with Gasteiger partial charge < -0.3 is 20.8 Å². The van der Waals surface area contributed by atoms with Gasteiger partial charge in [-0.25, -0.2) is 9.59 Å². The minimum atomic E-state index is -2.14. The smallest absolute Gasteiger partial charge is 0.337 e. The zero-order valence-electron chi connectivity index (χ0n) is 10.8. The first-order valence-electron chi connectivity index (χ1n) is 5.58. The lowest BCUT2D eigenvalue weighted by atomic mass is 10.1. The van der Waals surface area contributed by atoms with Crippen molar-refractivity contribution in [3.05, 3.63) is 33.3 Å². The normalized spacial score (nSPS) is 13.1. The molecule has 0 bridgehead atoms. The maximum absolute atomic E-state index is 11.6. The van der Waals surface area contributed by atoms with Crippen LogP contribution in [0.4, 0.5) is 16.2 Å². The number of halogens is 1. The molecule has 114 valence electrons. The van der Waals surface area contributed by atoms with E-state index in [1.807, 2.05) is 0 Å². The molecule has 4 N–H and O–H groups in total. The molecule has 21 heavy (non-hydrogen) atoms. The summed E-state index contributed by atoms with van der Waals surface area (Å²) in [5.74, 6) is -1.50. The third-order valence-corrected chi connectivity index (χ3v) is 2.79. The van der Waals surface area contributed by atoms with Gasteiger partial charge in [-0.2, -0.15) is 0 Å². The van der Waals surface area contributed by atoms with Gasteiger partial charge in [-0.1, -0.05) is 11.6 Å². The van der Waals surface area contributed by atoms with Crippen molar-refractivity contribution in [2.75, 3.05) is 11.9 Å². The number of hydrogen-bond acceptors (Lipinski definition) is 5. The van der Waals surface area contributed by atoms with Crippen molar-refractivity contribution >= 4 is 35.0 Å². The Morgan fingerprint density at radius 3 is 2.62 bits per heavy atom. The van der Waals surface area contributed by atoms with Crippen LogP contribution in [-0.4, -0.2) is 39.3 Å². The predicted octanol–water partition coefficient (Wildman–Crippen LogP) is 1.21. The van der Waals surface area contributed by atoms with E-state index in [2.05, 4.69) is 10.6 Å². The topological polar surface area (TPSA) is 142 Å². The highest BCUT2D eigenvalue weighted by Gasteiger charge is 2.30. The fraction of sp³-hybridized carbons (Fsp3) is 0.273. The number of nitro benzene ring substituents is 1. The molecule has 0 aromatic heterocycles. The number of nitrogens with zero attached hydrogens (tertiary/aromatic N) is 1. The Morgan fingerprint density at radius 2 is 2.10 bits per heavy atom. The highest BCUT2D eigenvalue weighted by atomic mass is 35.5. The second-order valence-corrected chi connectivity index (χ2v) is 4.72. The molecular formula is C11H12ClN3O6. The number of carbonyl (C=O) groups excluding carboxylic acids is 1. The Kier molecular flexibility index (Phi) is 5.06. The van der Waals surface area contributed by atoms with Crippen LogP contribution in [0.2, 0.25) is 5.02 Å². The Labute approximate surface area is 123 Å². The number of rotatable bonds is 5. The van der Waals surface area contributed by atoms with Gasteiger partial charge in [0.15, 0.2) is 5.60 Å². The molecule has 0 saturated carbocycles. The number of carbonyl (C=O) groups is 2. The molecular weight excluding hydrogens is 306 g/mol. The quantitative estimate of drug-likeness (QED) is 0.475. The number of aliphatic carboxylic acids is 1. The van der Waals surface area contributed by atoms with Crippen LogP contribution < -0.4 is 10.6 Å². The van der Waals surface area contributed by atoms with Gasteiger partial charge in [-0.15, -0.1) is 0 Å². The molecule has 1 aromatic carbocycles. The van der Waals surface area contributed by atoms with Crippen LogP contribution in [0.3, 0.4) is 0 Å². The van der Waals surface area contributed by atoms with Crippen LogP contribution in [0.15, 0.2) is 18.2 Å². The number of anilines is 1. The Bertz CT molecular complexity index is 589. The van der Waals surface area contributed by atoms with E-state index in [4.69, 9.17) is 16.7 Å². The molecule has 0 heterocycles. The second-order valence-electron chi connectivity index (χ2n) is 4.31. The molecule has 0 aliphatic carbocycles. The van der Waals surface area contributed by atoms with Gasteiger partial charge in [-0.05, 0) is 13.0 Å². The third-order valence-electron chi connectivity index (χ3n) is 2.46. The molecule has 0 saturated heterocycles. The molecule has 9 nitrogen and oxygen atoms in total. The molecule has 1 unspecified atom stereocenters. The molecule has 2 amide bonds. The van der Waals surface area contributed by atoms with Gasteiger partial charge in [0.1, 0.15) is 0 Å². The number of carboxylic acid groups (broad SMARTS) is 1. The number of nitrogens with one attached hydrogen (secondary N) is 2. The molecule has 1 atom stereocenters. The maximum atomic E-state index is 11.6. The van der Waals surface area contributed by atoms with Gasteiger partial charge in [0.2, 0.25) is 0 Å². The number of urea groups is 1. The molecule has 0 aliphatic rings. The maximum Gasteiger partial charge on any atom is 0.337 e. The first kappa shape index (κ1) is 16.7. The lowest BCUT2D eigenvalue weighted by Crippen LogP contribution is -2.47. The molecule has 1 aromatic rings. The van der Waals surface area contributed by atoms with Crippen LogP contribution in [0.5, 0.6) is 0 Å². The van der Waals surface area contributed by atoms with E-state index in [-0.39, 0.29) is 16.4 Å². The van der Waals surface area contributed by atoms with Crippen LogP contribution in [0.1, 0.15) is 6.92 Å². The number of carboxylic acids is 1. The highest BCUT2D eigenvalue weighted by molar-refractivity contribution is 6.33. The minimum Gasteiger partial charge on any atom is -0.479 e. The molecule has 1 rings (SSSR count). The number of hydrogen-bond donors (Lipinski definition) is 4. The van der Waals surface area contributed by atoms with E-state index in [0.29, 0.717) is 0 Å². The lowest BCUT2D eigenvalue weighted by Gasteiger charge is -2.18. The van der Waals surface area contributed by atoms with Gasteiger partial charge in [0.25, 0.3) is 5.69 Å². The predicted molar refractivity (Wildman–Crippen MR) is 73.4 cm³/mol. The van der Waals surface area contributed by atoms with Crippen molar-refractivity contribution in [3.8, 4) is 0 Å². The summed E-state index contributed by atoms with van der Waals surface area (Å²) < 4.78 is 0. The molecule has 0 spiro atoms. The van der Waals surface area contributed by atoms with E-state index in [9.17, 15) is 24.8 Å². The summed E-state index contributed by atoms with van der Waals surface area (Å²) in [4.78, 5) is 32.2. The average molecular weight is 318 g/mol. The van der Waals surface area contributed by atoms with Gasteiger partial charge in [-0.3, -0.25) is 10.1 Å². The first-order chi connectivity index (χ1) is 9.63. The lowest BCUT2D eigenvalue weighted by molar-refractivity contribution is -0.384. The summed E-state index contributed by atoms with van der Waals surface area (Å²) in [5.41, 5.74) is -2.42. The fourth-order valence-corrected chi connectivity index (χ4v) is 1.38. The summed E-state index contributed by atoms with van der Waals surface area (Å²) in [5, 5.41) is 33.1. The average Bonchev–Trinajstić information content (AvgIpc) is 2.38. The number of benzene rings is 1. The standard InChI is InChI=1S/C11H12ClN3O6/c1-11(19,9(16)17)5-13-10(18)14-8-4-6(15(20)21)2-3-7(8)12/h2-4,19H,5H2,1H3,(H,16,17)(H2,13,14,18). The van der Waals surface area contributed by atoms with E-state index >= 15 is 0 Å². The van der Waals surface area contributed by atoms with Crippen molar-refractivity contribution in [3.63, 3.8) is 0 Å². The highest BCUT2D eigenvalue weighted by Crippen LogP contribution is 2.26. The third kappa shape index (κ3) is 4.58. The minimum absolute atomic E-state index is 0.0154. The molecule has 10 heteroatoms. The van der Waals surface area contributed by atoms with Gasteiger partial charge in [0, 0.05) is 12.1 Å². The zero-order valence-corrected chi connectivity index (χ0v) is 11.5. The van der Waals surface area contributed by atoms with Crippen molar-refractivity contribution in [2.45, 2.75) is 12.5 Å². The van der Waals surface area contributed by atoms with Crippen molar-refractivity contribution in [1.82, 2.24) is 5.32 Å².